The molecule has 0 aromatic heterocycles. The number of allylic oxidation sites excluding steroid dienone is 4. The lowest BCUT2D eigenvalue weighted by molar-refractivity contribution is -0.384. The Morgan fingerprint density at radius 1 is 1.30 bits per heavy atom. The summed E-state index contributed by atoms with van der Waals surface area (Å²) in [6.45, 7) is 4.19. The first-order chi connectivity index (χ1) is 11.0. The monoisotopic (exact) mass is 312 g/mol. The van der Waals surface area contributed by atoms with E-state index in [4.69, 9.17) is 0 Å². The van der Waals surface area contributed by atoms with Crippen molar-refractivity contribution in [3.8, 4) is 0 Å². The molecule has 0 bridgehead atoms. The minimum atomic E-state index is -0.393. The number of nitrogens with one attached hydrogen (secondary N) is 1. The number of Topliss-reactive ketones (excluding diaryl/α,β-unsaturated/α-hetero) is 1. The third kappa shape index (κ3) is 2.91. The van der Waals surface area contributed by atoms with E-state index in [1.54, 1.807) is 12.1 Å². The van der Waals surface area contributed by atoms with Crippen molar-refractivity contribution in [2.45, 2.75) is 39.0 Å². The first kappa shape index (κ1) is 15.5. The fourth-order valence-corrected chi connectivity index (χ4v) is 3.26. The van der Waals surface area contributed by atoms with E-state index in [1.807, 2.05) is 12.1 Å². The van der Waals surface area contributed by atoms with Crippen molar-refractivity contribution in [1.82, 2.24) is 5.32 Å². The molecule has 1 aromatic rings. The molecule has 3 rings (SSSR count). The second-order valence-electron chi connectivity index (χ2n) is 6.40. The van der Waals surface area contributed by atoms with Crippen LogP contribution in [-0.2, 0) is 4.79 Å². The number of hydrogen-bond acceptors (Lipinski definition) is 4. The van der Waals surface area contributed by atoms with E-state index in [-0.39, 0.29) is 17.4 Å². The van der Waals surface area contributed by atoms with Gasteiger partial charge in [0.1, 0.15) is 0 Å². The summed E-state index contributed by atoms with van der Waals surface area (Å²) < 4.78 is 0. The van der Waals surface area contributed by atoms with Crippen molar-refractivity contribution in [2.24, 2.45) is 5.92 Å². The summed E-state index contributed by atoms with van der Waals surface area (Å²) in [5.74, 6) is 0.257. The summed E-state index contributed by atoms with van der Waals surface area (Å²) in [4.78, 5) is 23.1. The highest BCUT2D eigenvalue weighted by Crippen LogP contribution is 2.39. The zero-order valence-corrected chi connectivity index (χ0v) is 13.3. The number of hydrogen-bond donors (Lipinski definition) is 1. The second-order valence-corrected chi connectivity index (χ2v) is 6.40. The Kier molecular flexibility index (Phi) is 4.03. The fraction of sp³-hybridized carbons (Fsp3) is 0.389. The number of carbonyl (C=O) groups is 1. The Labute approximate surface area is 135 Å². The number of benzene rings is 1. The zero-order valence-electron chi connectivity index (χ0n) is 13.3. The molecule has 0 saturated heterocycles. The molecule has 1 aromatic carbocycles. The molecule has 120 valence electrons. The lowest BCUT2D eigenvalue weighted by Crippen LogP contribution is -2.31. The molecule has 0 saturated carbocycles. The minimum Gasteiger partial charge on any atom is -0.362 e. The number of nitrogens with zero attached hydrogens (tertiary/aromatic N) is 1. The highest BCUT2D eigenvalue weighted by molar-refractivity contribution is 5.99. The smallest absolute Gasteiger partial charge is 0.269 e. The molecule has 1 heterocycles. The predicted octanol–water partition coefficient (Wildman–Crippen LogP) is 3.83. The van der Waals surface area contributed by atoms with Crippen molar-refractivity contribution < 1.29 is 9.72 Å². The number of nitro benzene ring substituents is 1. The van der Waals surface area contributed by atoms with Crippen molar-refractivity contribution in [1.29, 1.82) is 0 Å². The summed E-state index contributed by atoms with van der Waals surface area (Å²) in [7, 11) is 0. The summed E-state index contributed by atoms with van der Waals surface area (Å²) in [5, 5.41) is 14.5. The van der Waals surface area contributed by atoms with Gasteiger partial charge in [0, 0.05) is 41.4 Å². The second kappa shape index (κ2) is 5.99. The molecular weight excluding hydrogens is 292 g/mol. The third-order valence-electron chi connectivity index (χ3n) is 4.47. The number of ketones is 1. The van der Waals surface area contributed by atoms with Gasteiger partial charge in [0.05, 0.1) is 4.92 Å². The molecule has 2 aliphatic rings. The zero-order chi connectivity index (χ0) is 16.6. The Morgan fingerprint density at radius 3 is 2.78 bits per heavy atom. The van der Waals surface area contributed by atoms with Crippen molar-refractivity contribution in [3.05, 3.63) is 63.0 Å². The van der Waals surface area contributed by atoms with Crippen molar-refractivity contribution in [3.63, 3.8) is 0 Å². The average Bonchev–Trinajstić information content (AvgIpc) is 2.54. The summed E-state index contributed by atoms with van der Waals surface area (Å²) in [6, 6.07) is 6.61. The lowest BCUT2D eigenvalue weighted by Gasteiger charge is -2.32. The minimum absolute atomic E-state index is 0.0611. The van der Waals surface area contributed by atoms with Gasteiger partial charge in [0.15, 0.2) is 5.78 Å². The van der Waals surface area contributed by atoms with Crippen LogP contribution in [0.25, 0.3) is 0 Å². The number of rotatable bonds is 3. The largest absolute Gasteiger partial charge is 0.362 e. The van der Waals surface area contributed by atoms with Crippen molar-refractivity contribution >= 4 is 11.5 Å². The van der Waals surface area contributed by atoms with Gasteiger partial charge >= 0.3 is 0 Å². The van der Waals surface area contributed by atoms with Gasteiger partial charge in [-0.05, 0) is 24.3 Å². The summed E-state index contributed by atoms with van der Waals surface area (Å²) in [6.07, 6.45) is 4.32. The quantitative estimate of drug-likeness (QED) is 0.680. The van der Waals surface area contributed by atoms with Crippen LogP contribution in [0.2, 0.25) is 0 Å². The van der Waals surface area contributed by atoms with Crippen LogP contribution in [0, 0.1) is 16.0 Å². The van der Waals surface area contributed by atoms with E-state index in [1.165, 1.54) is 6.07 Å². The van der Waals surface area contributed by atoms with E-state index >= 15 is 0 Å². The predicted molar refractivity (Wildman–Crippen MR) is 87.8 cm³/mol. The van der Waals surface area contributed by atoms with Gasteiger partial charge in [0.2, 0.25) is 0 Å². The van der Waals surface area contributed by atoms with Crippen LogP contribution in [0.3, 0.4) is 0 Å². The maximum absolute atomic E-state index is 12.4. The topological polar surface area (TPSA) is 72.2 Å². The van der Waals surface area contributed by atoms with Crippen molar-refractivity contribution in [2.75, 3.05) is 0 Å². The first-order valence-corrected chi connectivity index (χ1v) is 7.96. The molecule has 0 fully saturated rings. The Bertz CT molecular complexity index is 732. The van der Waals surface area contributed by atoms with Gasteiger partial charge < -0.3 is 5.32 Å². The van der Waals surface area contributed by atoms with E-state index in [9.17, 15) is 14.9 Å². The molecule has 1 unspecified atom stereocenters. The molecule has 23 heavy (non-hydrogen) atoms. The van der Waals surface area contributed by atoms with Gasteiger partial charge in [-0.15, -0.1) is 0 Å². The molecule has 0 spiro atoms. The molecule has 0 amide bonds. The van der Waals surface area contributed by atoms with Crippen LogP contribution < -0.4 is 5.32 Å². The van der Waals surface area contributed by atoms with Gasteiger partial charge in [0.25, 0.3) is 5.69 Å². The van der Waals surface area contributed by atoms with E-state index < -0.39 is 4.92 Å². The summed E-state index contributed by atoms with van der Waals surface area (Å²) in [5.41, 5.74) is 3.72. The van der Waals surface area contributed by atoms with E-state index in [0.717, 1.165) is 35.4 Å². The normalized spacial score (nSPS) is 20.9. The fourth-order valence-electron chi connectivity index (χ4n) is 3.26. The molecule has 1 aliphatic heterocycles. The molecule has 0 radical (unpaired) electrons. The van der Waals surface area contributed by atoms with Gasteiger partial charge in [-0.2, -0.15) is 0 Å². The number of non-ortho nitro benzene ring substituents is 1. The van der Waals surface area contributed by atoms with E-state index in [2.05, 4.69) is 19.2 Å². The van der Waals surface area contributed by atoms with Gasteiger partial charge in [-0.3, -0.25) is 14.9 Å². The van der Waals surface area contributed by atoms with Crippen LogP contribution in [0.1, 0.15) is 44.6 Å². The van der Waals surface area contributed by atoms with E-state index in [0.29, 0.717) is 12.3 Å². The Morgan fingerprint density at radius 2 is 2.09 bits per heavy atom. The summed E-state index contributed by atoms with van der Waals surface area (Å²) >= 11 is 0. The SMILES string of the molecule is CC(C)C1=CC(c2cccc([N+](=O)[O-])c2)C2=C(CCCC2=O)N1. The van der Waals surface area contributed by atoms with Crippen LogP contribution >= 0.6 is 0 Å². The highest BCUT2D eigenvalue weighted by atomic mass is 16.6. The molecule has 5 nitrogen and oxygen atoms in total. The Balaban J connectivity index is 2.10. The van der Waals surface area contributed by atoms with Gasteiger partial charge in [-0.25, -0.2) is 0 Å². The van der Waals surface area contributed by atoms with Gasteiger partial charge in [-0.1, -0.05) is 32.1 Å². The third-order valence-corrected chi connectivity index (χ3v) is 4.47. The van der Waals surface area contributed by atoms with Crippen LogP contribution in [0.15, 0.2) is 47.3 Å². The number of nitro groups is 1. The maximum Gasteiger partial charge on any atom is 0.269 e. The Hall–Kier alpha value is -2.43. The first-order valence-electron chi connectivity index (χ1n) is 7.96. The van der Waals surface area contributed by atoms with Crippen LogP contribution in [0.5, 0.6) is 0 Å². The average molecular weight is 312 g/mol. The standard InChI is InChI=1S/C18H20N2O3/c1-11(2)16-10-14(12-5-3-6-13(9-12)20(22)23)18-15(19-16)7-4-8-17(18)21/h3,5-6,9-11,14,19H,4,7-8H2,1-2H3. The number of carbonyl (C=O) groups excluding carboxylic acids is 1. The molecular formula is C18H20N2O3. The maximum atomic E-state index is 12.4. The molecule has 1 N–H and O–H groups in total. The number of dihydropyridines is 1. The molecule has 1 aliphatic carbocycles. The molecule has 1 atom stereocenters. The van der Waals surface area contributed by atoms with Crippen LogP contribution in [-0.4, -0.2) is 10.7 Å². The highest BCUT2D eigenvalue weighted by Gasteiger charge is 2.32. The molecule has 5 heteroatoms. The lowest BCUT2D eigenvalue weighted by atomic mass is 9.78. The van der Waals surface area contributed by atoms with Crippen LogP contribution in [0.4, 0.5) is 5.69 Å².